The number of nitrogens with zero attached hydrogens (tertiary/aromatic N) is 1. The lowest BCUT2D eigenvalue weighted by atomic mass is 9.97. The summed E-state index contributed by atoms with van der Waals surface area (Å²) in [7, 11) is 2.14. The molecule has 1 atom stereocenters. The van der Waals surface area contributed by atoms with E-state index in [0.29, 0.717) is 6.04 Å². The van der Waals surface area contributed by atoms with Gasteiger partial charge in [0.15, 0.2) is 0 Å². The third-order valence-corrected chi connectivity index (χ3v) is 3.32. The van der Waals surface area contributed by atoms with E-state index in [2.05, 4.69) is 43.2 Å². The second-order valence-electron chi connectivity index (χ2n) is 4.48. The zero-order valence-electron chi connectivity index (χ0n) is 9.60. The van der Waals surface area contributed by atoms with E-state index in [-0.39, 0.29) is 0 Å². The van der Waals surface area contributed by atoms with Crippen LogP contribution in [0.2, 0.25) is 0 Å². The zero-order chi connectivity index (χ0) is 11.1. The van der Waals surface area contributed by atoms with Crippen LogP contribution in [-0.4, -0.2) is 13.1 Å². The minimum Gasteiger partial charge on any atom is -0.457 e. The van der Waals surface area contributed by atoms with E-state index in [1.54, 1.807) is 0 Å². The van der Waals surface area contributed by atoms with E-state index in [1.165, 1.54) is 11.3 Å². The summed E-state index contributed by atoms with van der Waals surface area (Å²) in [5, 5.41) is 0. The number of likely N-dealkylation sites (N-methyl/N-ethyl adjacent to an activating group) is 1. The number of anilines is 1. The van der Waals surface area contributed by atoms with Crippen LogP contribution in [0.4, 0.5) is 5.69 Å². The van der Waals surface area contributed by atoms with Gasteiger partial charge in [0.1, 0.15) is 11.5 Å². The number of hydrogen-bond donors (Lipinski definition) is 0. The van der Waals surface area contributed by atoms with E-state index in [4.69, 9.17) is 4.74 Å². The highest BCUT2D eigenvalue weighted by atomic mass is 16.5. The van der Waals surface area contributed by atoms with Crippen molar-refractivity contribution >= 4 is 5.69 Å². The molecule has 1 aliphatic carbocycles. The van der Waals surface area contributed by atoms with Crippen molar-refractivity contribution in [1.82, 2.24) is 0 Å². The van der Waals surface area contributed by atoms with Crippen LogP contribution in [-0.2, 0) is 0 Å². The van der Waals surface area contributed by atoms with Gasteiger partial charge in [-0.2, -0.15) is 0 Å². The first-order valence-electron chi connectivity index (χ1n) is 5.63. The quantitative estimate of drug-likeness (QED) is 0.656. The highest BCUT2D eigenvalue weighted by Gasteiger charge is 2.30. The lowest BCUT2D eigenvalue weighted by Gasteiger charge is -2.38. The number of rotatable bonds is 0. The Balaban J connectivity index is 2.07. The maximum atomic E-state index is 5.93. The van der Waals surface area contributed by atoms with Crippen LogP contribution in [0.1, 0.15) is 13.3 Å². The molecule has 1 aromatic rings. The third-order valence-electron chi connectivity index (χ3n) is 3.32. The number of para-hydroxylation sites is 2. The summed E-state index contributed by atoms with van der Waals surface area (Å²) in [6.07, 6.45) is 5.29. The number of fused-ring (bicyclic) bond motifs is 2. The van der Waals surface area contributed by atoms with Gasteiger partial charge >= 0.3 is 0 Å². The highest BCUT2D eigenvalue weighted by Crippen LogP contribution is 2.39. The predicted octanol–water partition coefficient (Wildman–Crippen LogP) is 3.12. The van der Waals surface area contributed by atoms with Crippen molar-refractivity contribution in [2.24, 2.45) is 0 Å². The van der Waals surface area contributed by atoms with Crippen LogP contribution in [0, 0.1) is 0 Å². The minimum atomic E-state index is 0.361. The van der Waals surface area contributed by atoms with E-state index in [0.717, 1.165) is 17.9 Å². The molecule has 0 bridgehead atoms. The Bertz CT molecular complexity index is 487. The molecule has 16 heavy (non-hydrogen) atoms. The second-order valence-corrected chi connectivity index (χ2v) is 4.48. The Morgan fingerprint density at radius 2 is 2.06 bits per heavy atom. The molecule has 1 aromatic carbocycles. The summed E-state index contributed by atoms with van der Waals surface area (Å²) in [5.41, 5.74) is 2.59. The van der Waals surface area contributed by atoms with Crippen molar-refractivity contribution in [2.75, 3.05) is 11.9 Å². The number of ether oxygens (including phenoxy) is 1. The molecule has 0 spiro atoms. The molecular formula is C14H15NO. The van der Waals surface area contributed by atoms with Crippen molar-refractivity contribution in [3.05, 3.63) is 47.7 Å². The monoisotopic (exact) mass is 213 g/mol. The molecule has 2 aliphatic rings. The van der Waals surface area contributed by atoms with Crippen molar-refractivity contribution in [1.29, 1.82) is 0 Å². The molecule has 0 radical (unpaired) electrons. The van der Waals surface area contributed by atoms with Crippen LogP contribution in [0.5, 0.6) is 5.75 Å². The third kappa shape index (κ3) is 1.33. The Morgan fingerprint density at radius 3 is 2.94 bits per heavy atom. The minimum absolute atomic E-state index is 0.361. The van der Waals surface area contributed by atoms with Gasteiger partial charge in [-0.25, -0.2) is 0 Å². The normalized spacial score (nSPS) is 22.6. The van der Waals surface area contributed by atoms with Crippen molar-refractivity contribution in [3.63, 3.8) is 0 Å². The Morgan fingerprint density at radius 1 is 1.25 bits per heavy atom. The average molecular weight is 213 g/mol. The Labute approximate surface area is 95.8 Å². The van der Waals surface area contributed by atoms with Crippen molar-refractivity contribution in [3.8, 4) is 5.75 Å². The van der Waals surface area contributed by atoms with Crippen LogP contribution in [0.25, 0.3) is 0 Å². The predicted molar refractivity (Wildman–Crippen MR) is 65.7 cm³/mol. The second kappa shape index (κ2) is 3.41. The fourth-order valence-electron chi connectivity index (χ4n) is 2.37. The van der Waals surface area contributed by atoms with Gasteiger partial charge in [0, 0.05) is 7.05 Å². The van der Waals surface area contributed by atoms with E-state index < -0.39 is 0 Å². The molecule has 0 fully saturated rings. The van der Waals surface area contributed by atoms with Crippen LogP contribution < -0.4 is 9.64 Å². The molecular weight excluding hydrogens is 198 g/mol. The molecule has 0 saturated heterocycles. The summed E-state index contributed by atoms with van der Waals surface area (Å²) in [6, 6.07) is 8.56. The lowest BCUT2D eigenvalue weighted by molar-refractivity contribution is 0.353. The summed E-state index contributed by atoms with van der Waals surface area (Å²) < 4.78 is 5.93. The summed E-state index contributed by atoms with van der Waals surface area (Å²) in [6.45, 7) is 2.17. The number of allylic oxidation sites excluding steroid dienone is 2. The van der Waals surface area contributed by atoms with Crippen molar-refractivity contribution in [2.45, 2.75) is 19.4 Å². The van der Waals surface area contributed by atoms with Crippen LogP contribution in [0.15, 0.2) is 47.7 Å². The zero-order valence-corrected chi connectivity index (χ0v) is 9.60. The van der Waals surface area contributed by atoms with Crippen LogP contribution >= 0.6 is 0 Å². The Kier molecular flexibility index (Phi) is 2.03. The molecule has 0 aromatic heterocycles. The SMILES string of the molecule is CC1=CC=C2Oc3ccccc3N(C)C2C1. The maximum absolute atomic E-state index is 5.93. The first-order chi connectivity index (χ1) is 7.75. The molecule has 0 N–H and O–H groups in total. The molecule has 1 heterocycles. The average Bonchev–Trinajstić information content (AvgIpc) is 2.31. The van der Waals surface area contributed by atoms with E-state index in [1.807, 2.05) is 12.1 Å². The molecule has 82 valence electrons. The fraction of sp³-hybridized carbons (Fsp3) is 0.286. The molecule has 2 heteroatoms. The van der Waals surface area contributed by atoms with Gasteiger partial charge in [0.2, 0.25) is 0 Å². The molecule has 3 rings (SSSR count). The van der Waals surface area contributed by atoms with Gasteiger partial charge in [0.05, 0.1) is 11.7 Å². The first kappa shape index (κ1) is 9.52. The van der Waals surface area contributed by atoms with Gasteiger partial charge in [-0.05, 0) is 31.6 Å². The summed E-state index contributed by atoms with van der Waals surface area (Å²) in [5.74, 6) is 2.02. The first-order valence-corrected chi connectivity index (χ1v) is 5.63. The standard InChI is InChI=1S/C14H15NO/c1-10-7-8-14-12(9-10)15(2)11-5-3-4-6-13(11)16-14/h3-8,12H,9H2,1-2H3. The number of hydrogen-bond acceptors (Lipinski definition) is 2. The summed E-state index contributed by atoms with van der Waals surface area (Å²) in [4.78, 5) is 2.31. The van der Waals surface area contributed by atoms with Gasteiger partial charge in [0.25, 0.3) is 0 Å². The van der Waals surface area contributed by atoms with Crippen molar-refractivity contribution < 1.29 is 4.74 Å². The summed E-state index contributed by atoms with van der Waals surface area (Å²) >= 11 is 0. The largest absolute Gasteiger partial charge is 0.457 e. The van der Waals surface area contributed by atoms with Gasteiger partial charge in [-0.15, -0.1) is 0 Å². The maximum Gasteiger partial charge on any atom is 0.150 e. The van der Waals surface area contributed by atoms with Gasteiger partial charge in [-0.1, -0.05) is 23.8 Å². The highest BCUT2D eigenvalue weighted by molar-refractivity contribution is 5.63. The lowest BCUT2D eigenvalue weighted by Crippen LogP contribution is -2.39. The van der Waals surface area contributed by atoms with Crippen LogP contribution in [0.3, 0.4) is 0 Å². The molecule has 0 amide bonds. The molecule has 0 saturated carbocycles. The van der Waals surface area contributed by atoms with E-state index >= 15 is 0 Å². The van der Waals surface area contributed by atoms with E-state index in [9.17, 15) is 0 Å². The smallest absolute Gasteiger partial charge is 0.150 e. The molecule has 1 unspecified atom stereocenters. The Hall–Kier alpha value is -1.70. The topological polar surface area (TPSA) is 12.5 Å². The van der Waals surface area contributed by atoms with Gasteiger partial charge < -0.3 is 9.64 Å². The molecule has 1 aliphatic heterocycles. The number of benzene rings is 1. The van der Waals surface area contributed by atoms with Gasteiger partial charge in [-0.3, -0.25) is 0 Å². The fourth-order valence-corrected chi connectivity index (χ4v) is 2.37. The molecule has 2 nitrogen and oxygen atoms in total.